The molecule has 18 heavy (non-hydrogen) atoms. The van der Waals surface area contributed by atoms with Gasteiger partial charge in [0.1, 0.15) is 0 Å². The minimum atomic E-state index is 0.724. The first kappa shape index (κ1) is 14.0. The summed E-state index contributed by atoms with van der Waals surface area (Å²) in [5.41, 5.74) is 1.34. The molecule has 0 amide bonds. The van der Waals surface area contributed by atoms with Crippen LogP contribution in [0.4, 0.5) is 0 Å². The SMILES string of the molecule is CC(C)CC(CNC1CC1)Cc1cncc(Br)c1. The maximum Gasteiger partial charge on any atom is 0.0410 e. The first-order chi connectivity index (χ1) is 8.63. The van der Waals surface area contributed by atoms with E-state index in [4.69, 9.17) is 0 Å². The van der Waals surface area contributed by atoms with Gasteiger partial charge >= 0.3 is 0 Å². The van der Waals surface area contributed by atoms with Gasteiger partial charge in [-0.3, -0.25) is 4.98 Å². The predicted octanol–water partition coefficient (Wildman–Crippen LogP) is 3.80. The molecule has 0 bridgehead atoms. The lowest BCUT2D eigenvalue weighted by Crippen LogP contribution is -2.27. The van der Waals surface area contributed by atoms with Gasteiger partial charge in [-0.15, -0.1) is 0 Å². The van der Waals surface area contributed by atoms with Crippen LogP contribution in [0, 0.1) is 11.8 Å². The van der Waals surface area contributed by atoms with Crippen molar-refractivity contribution in [2.45, 2.75) is 45.6 Å². The average Bonchev–Trinajstić information content (AvgIpc) is 3.09. The Bertz CT molecular complexity index is 375. The summed E-state index contributed by atoms with van der Waals surface area (Å²) in [5.74, 6) is 1.48. The second-order valence-corrected chi connectivity index (χ2v) is 6.81. The largest absolute Gasteiger partial charge is 0.314 e. The van der Waals surface area contributed by atoms with Crippen LogP contribution in [0.3, 0.4) is 0 Å². The molecule has 1 fully saturated rings. The zero-order chi connectivity index (χ0) is 13.0. The third kappa shape index (κ3) is 5.07. The second kappa shape index (κ2) is 6.67. The minimum absolute atomic E-state index is 0.724. The van der Waals surface area contributed by atoms with E-state index in [0.29, 0.717) is 0 Å². The quantitative estimate of drug-likeness (QED) is 0.828. The monoisotopic (exact) mass is 310 g/mol. The van der Waals surface area contributed by atoms with E-state index in [1.165, 1.54) is 24.8 Å². The lowest BCUT2D eigenvalue weighted by molar-refractivity contribution is 0.383. The van der Waals surface area contributed by atoms with Gasteiger partial charge in [0.25, 0.3) is 0 Å². The second-order valence-electron chi connectivity index (χ2n) is 5.89. The summed E-state index contributed by atoms with van der Waals surface area (Å²) in [6, 6.07) is 3.00. The number of halogens is 1. The molecule has 3 heteroatoms. The molecule has 1 atom stereocenters. The molecule has 1 aromatic rings. The number of pyridine rings is 1. The molecule has 1 N–H and O–H groups in total. The van der Waals surface area contributed by atoms with E-state index in [-0.39, 0.29) is 0 Å². The Morgan fingerprint density at radius 2 is 2.17 bits per heavy atom. The van der Waals surface area contributed by atoms with E-state index in [9.17, 15) is 0 Å². The van der Waals surface area contributed by atoms with E-state index in [1.807, 2.05) is 12.4 Å². The maximum absolute atomic E-state index is 4.26. The average molecular weight is 311 g/mol. The standard InChI is InChI=1S/C15H23BrN2/c1-11(2)5-12(9-18-15-3-4-15)6-13-7-14(16)10-17-8-13/h7-8,10-12,15,18H,3-6,9H2,1-2H3. The van der Waals surface area contributed by atoms with E-state index >= 15 is 0 Å². The van der Waals surface area contributed by atoms with Crippen molar-refractivity contribution in [2.75, 3.05) is 6.54 Å². The van der Waals surface area contributed by atoms with Gasteiger partial charge in [0.2, 0.25) is 0 Å². The van der Waals surface area contributed by atoms with Crippen LogP contribution in [-0.2, 0) is 6.42 Å². The fourth-order valence-corrected chi connectivity index (χ4v) is 2.84. The first-order valence-electron chi connectivity index (χ1n) is 6.96. The number of nitrogens with one attached hydrogen (secondary N) is 1. The molecule has 0 spiro atoms. The summed E-state index contributed by atoms with van der Waals surface area (Å²) in [6.07, 6.45) is 8.99. The Kier molecular flexibility index (Phi) is 5.19. The van der Waals surface area contributed by atoms with Crippen molar-refractivity contribution in [2.24, 2.45) is 11.8 Å². The van der Waals surface area contributed by atoms with Crippen LogP contribution in [-0.4, -0.2) is 17.6 Å². The minimum Gasteiger partial charge on any atom is -0.314 e. The van der Waals surface area contributed by atoms with Gasteiger partial charge in [0.15, 0.2) is 0 Å². The van der Waals surface area contributed by atoms with Gasteiger partial charge in [-0.1, -0.05) is 13.8 Å². The van der Waals surface area contributed by atoms with Crippen LogP contribution in [0.1, 0.15) is 38.7 Å². The van der Waals surface area contributed by atoms with Gasteiger partial charge in [0, 0.05) is 22.9 Å². The van der Waals surface area contributed by atoms with E-state index in [1.54, 1.807) is 0 Å². The molecule has 2 rings (SSSR count). The highest BCUT2D eigenvalue weighted by atomic mass is 79.9. The summed E-state index contributed by atoms with van der Waals surface area (Å²) >= 11 is 3.50. The van der Waals surface area contributed by atoms with Gasteiger partial charge in [-0.2, -0.15) is 0 Å². The molecule has 100 valence electrons. The zero-order valence-electron chi connectivity index (χ0n) is 11.3. The summed E-state index contributed by atoms with van der Waals surface area (Å²) in [6.45, 7) is 5.77. The molecule has 1 unspecified atom stereocenters. The number of rotatable bonds is 7. The van der Waals surface area contributed by atoms with Crippen molar-refractivity contribution in [3.63, 3.8) is 0 Å². The maximum atomic E-state index is 4.26. The lowest BCUT2D eigenvalue weighted by atomic mass is 9.91. The Labute approximate surface area is 119 Å². The van der Waals surface area contributed by atoms with E-state index in [0.717, 1.165) is 35.3 Å². The van der Waals surface area contributed by atoms with Crippen molar-refractivity contribution < 1.29 is 0 Å². The van der Waals surface area contributed by atoms with Gasteiger partial charge in [0.05, 0.1) is 0 Å². The van der Waals surface area contributed by atoms with Crippen LogP contribution in [0.5, 0.6) is 0 Å². The summed E-state index contributed by atoms with van der Waals surface area (Å²) in [7, 11) is 0. The summed E-state index contributed by atoms with van der Waals surface area (Å²) in [4.78, 5) is 4.26. The van der Waals surface area contributed by atoms with Crippen molar-refractivity contribution in [1.82, 2.24) is 10.3 Å². The summed E-state index contributed by atoms with van der Waals surface area (Å²) in [5, 5.41) is 3.66. The van der Waals surface area contributed by atoms with Gasteiger partial charge < -0.3 is 5.32 Å². The number of hydrogen-bond donors (Lipinski definition) is 1. The van der Waals surface area contributed by atoms with Crippen molar-refractivity contribution in [3.05, 3.63) is 28.5 Å². The van der Waals surface area contributed by atoms with Crippen LogP contribution < -0.4 is 5.32 Å². The van der Waals surface area contributed by atoms with Gasteiger partial charge in [-0.25, -0.2) is 0 Å². The number of hydrogen-bond acceptors (Lipinski definition) is 2. The predicted molar refractivity (Wildman–Crippen MR) is 79.6 cm³/mol. The van der Waals surface area contributed by atoms with E-state index < -0.39 is 0 Å². The van der Waals surface area contributed by atoms with Crippen LogP contribution in [0.2, 0.25) is 0 Å². The Balaban J connectivity index is 1.89. The Hall–Kier alpha value is -0.410. The van der Waals surface area contributed by atoms with Crippen LogP contribution >= 0.6 is 15.9 Å². The highest BCUT2D eigenvalue weighted by Gasteiger charge is 2.22. The molecule has 1 saturated carbocycles. The number of nitrogens with zero attached hydrogens (tertiary/aromatic N) is 1. The highest BCUT2D eigenvalue weighted by Crippen LogP contribution is 2.22. The Morgan fingerprint density at radius 3 is 2.78 bits per heavy atom. The fourth-order valence-electron chi connectivity index (χ4n) is 2.43. The summed E-state index contributed by atoms with van der Waals surface area (Å²) < 4.78 is 1.08. The molecule has 2 nitrogen and oxygen atoms in total. The lowest BCUT2D eigenvalue weighted by Gasteiger charge is -2.19. The van der Waals surface area contributed by atoms with Crippen molar-refractivity contribution in [3.8, 4) is 0 Å². The third-order valence-electron chi connectivity index (χ3n) is 3.36. The zero-order valence-corrected chi connectivity index (χ0v) is 12.9. The molecule has 0 aliphatic heterocycles. The Morgan fingerprint density at radius 1 is 1.39 bits per heavy atom. The molecular formula is C15H23BrN2. The molecular weight excluding hydrogens is 288 g/mol. The third-order valence-corrected chi connectivity index (χ3v) is 3.80. The van der Waals surface area contributed by atoms with Crippen molar-refractivity contribution >= 4 is 15.9 Å². The topological polar surface area (TPSA) is 24.9 Å². The molecule has 1 aliphatic carbocycles. The molecule has 0 radical (unpaired) electrons. The first-order valence-corrected chi connectivity index (χ1v) is 7.75. The van der Waals surface area contributed by atoms with Gasteiger partial charge in [-0.05, 0) is 71.6 Å². The molecule has 1 aromatic heterocycles. The van der Waals surface area contributed by atoms with E-state index in [2.05, 4.69) is 46.1 Å². The molecule has 0 aromatic carbocycles. The van der Waals surface area contributed by atoms with Crippen LogP contribution in [0.25, 0.3) is 0 Å². The highest BCUT2D eigenvalue weighted by molar-refractivity contribution is 9.10. The molecule has 1 aliphatic rings. The fraction of sp³-hybridized carbons (Fsp3) is 0.667. The van der Waals surface area contributed by atoms with Crippen molar-refractivity contribution in [1.29, 1.82) is 0 Å². The number of aromatic nitrogens is 1. The van der Waals surface area contributed by atoms with Crippen LogP contribution in [0.15, 0.2) is 22.9 Å². The molecule has 1 heterocycles. The molecule has 0 saturated heterocycles. The normalized spacial score (nSPS) is 17.1. The smallest absolute Gasteiger partial charge is 0.0410 e.